The third kappa shape index (κ3) is 1.40. The second-order valence-corrected chi connectivity index (χ2v) is 4.14. The van der Waals surface area contributed by atoms with Gasteiger partial charge in [0.15, 0.2) is 0 Å². The first-order valence-corrected chi connectivity index (χ1v) is 5.75. The summed E-state index contributed by atoms with van der Waals surface area (Å²) in [7, 11) is 0. The van der Waals surface area contributed by atoms with Gasteiger partial charge in [-0.1, -0.05) is 6.07 Å². The van der Waals surface area contributed by atoms with E-state index < -0.39 is 0 Å². The normalized spacial score (nSPS) is 14.2. The van der Waals surface area contributed by atoms with Crippen LogP contribution in [0.15, 0.2) is 30.7 Å². The Morgan fingerprint density at radius 1 is 1.44 bits per heavy atom. The van der Waals surface area contributed by atoms with Gasteiger partial charge in [-0.3, -0.25) is 0 Å². The van der Waals surface area contributed by atoms with E-state index in [1.54, 1.807) is 6.33 Å². The van der Waals surface area contributed by atoms with E-state index in [2.05, 4.69) is 40.0 Å². The monoisotopic (exact) mass is 213 g/mol. The van der Waals surface area contributed by atoms with E-state index in [1.807, 2.05) is 6.20 Å². The predicted molar refractivity (Wildman–Crippen MR) is 65.6 cm³/mol. The van der Waals surface area contributed by atoms with Gasteiger partial charge in [-0.25, -0.2) is 4.98 Å². The molecule has 0 atom stereocenters. The molecule has 0 amide bonds. The van der Waals surface area contributed by atoms with Crippen LogP contribution in [0.2, 0.25) is 0 Å². The molecule has 0 radical (unpaired) electrons. The van der Waals surface area contributed by atoms with Crippen molar-refractivity contribution >= 4 is 5.69 Å². The number of benzene rings is 1. The molecular formula is C13H15N3. The van der Waals surface area contributed by atoms with E-state index in [0.29, 0.717) is 0 Å². The molecule has 0 bridgehead atoms. The second kappa shape index (κ2) is 3.67. The lowest BCUT2D eigenvalue weighted by Crippen LogP contribution is -2.18. The lowest BCUT2D eigenvalue weighted by molar-refractivity contribution is 0.868. The highest BCUT2D eigenvalue weighted by Gasteiger charge is 2.17. The lowest BCUT2D eigenvalue weighted by Gasteiger charge is -2.16. The van der Waals surface area contributed by atoms with Crippen LogP contribution < -0.4 is 4.90 Å². The summed E-state index contributed by atoms with van der Waals surface area (Å²) in [5.74, 6) is 0. The fourth-order valence-corrected chi connectivity index (χ4v) is 2.38. The zero-order chi connectivity index (χ0) is 11.0. The molecule has 1 N–H and O–H groups in total. The van der Waals surface area contributed by atoms with Crippen molar-refractivity contribution in [3.8, 4) is 11.3 Å². The number of aromatic nitrogens is 2. The zero-order valence-corrected chi connectivity index (χ0v) is 9.40. The minimum atomic E-state index is 1.09. The Morgan fingerprint density at radius 2 is 2.38 bits per heavy atom. The number of aromatic amines is 1. The molecule has 16 heavy (non-hydrogen) atoms. The van der Waals surface area contributed by atoms with E-state index in [1.165, 1.54) is 16.8 Å². The van der Waals surface area contributed by atoms with Gasteiger partial charge in [-0.05, 0) is 36.6 Å². The number of fused-ring (bicyclic) bond motifs is 1. The molecular weight excluding hydrogens is 198 g/mol. The van der Waals surface area contributed by atoms with Gasteiger partial charge in [0.1, 0.15) is 0 Å². The first kappa shape index (κ1) is 9.46. The number of nitrogens with one attached hydrogen (secondary N) is 1. The van der Waals surface area contributed by atoms with Gasteiger partial charge in [0, 0.05) is 18.8 Å². The molecule has 0 spiro atoms. The fraction of sp³-hybridized carbons (Fsp3) is 0.308. The van der Waals surface area contributed by atoms with Crippen molar-refractivity contribution in [2.45, 2.75) is 13.3 Å². The standard InChI is InChI=1S/C13H15N3/c1-2-16-6-5-11-7-10(3-4-13(11)16)12-8-14-9-15-12/h3-4,7-9H,2,5-6H2,1H3,(H,14,15). The Labute approximate surface area is 95.1 Å². The molecule has 3 heteroatoms. The van der Waals surface area contributed by atoms with Crippen molar-refractivity contribution in [1.82, 2.24) is 9.97 Å². The van der Waals surface area contributed by atoms with Gasteiger partial charge in [-0.15, -0.1) is 0 Å². The van der Waals surface area contributed by atoms with E-state index in [9.17, 15) is 0 Å². The summed E-state index contributed by atoms with van der Waals surface area (Å²) in [6.07, 6.45) is 4.75. The highest BCUT2D eigenvalue weighted by Crippen LogP contribution is 2.31. The zero-order valence-electron chi connectivity index (χ0n) is 9.40. The smallest absolute Gasteiger partial charge is 0.0924 e. The van der Waals surface area contributed by atoms with E-state index in [0.717, 1.165) is 25.2 Å². The van der Waals surface area contributed by atoms with Crippen LogP contribution in [0, 0.1) is 0 Å². The van der Waals surface area contributed by atoms with Crippen LogP contribution in [0.1, 0.15) is 12.5 Å². The number of likely N-dealkylation sites (N-methyl/N-ethyl adjacent to an activating group) is 1. The molecule has 3 nitrogen and oxygen atoms in total. The number of anilines is 1. The highest BCUT2D eigenvalue weighted by atomic mass is 15.1. The molecule has 1 aliphatic heterocycles. The fourth-order valence-electron chi connectivity index (χ4n) is 2.38. The Bertz CT molecular complexity index is 488. The summed E-state index contributed by atoms with van der Waals surface area (Å²) in [6, 6.07) is 6.67. The Balaban J connectivity index is 2.01. The number of hydrogen-bond donors (Lipinski definition) is 1. The molecule has 0 saturated heterocycles. The molecule has 3 rings (SSSR count). The molecule has 2 aromatic rings. The summed E-state index contributed by atoms with van der Waals surface area (Å²) < 4.78 is 0. The number of imidazole rings is 1. The van der Waals surface area contributed by atoms with Crippen molar-refractivity contribution in [2.24, 2.45) is 0 Å². The highest BCUT2D eigenvalue weighted by molar-refractivity contribution is 5.68. The Hall–Kier alpha value is -1.77. The SMILES string of the molecule is CCN1CCc2cc(-c3cnc[nH]3)ccc21. The molecule has 1 aromatic carbocycles. The van der Waals surface area contributed by atoms with Gasteiger partial charge in [0.25, 0.3) is 0 Å². The van der Waals surface area contributed by atoms with Crippen molar-refractivity contribution in [3.63, 3.8) is 0 Å². The van der Waals surface area contributed by atoms with Crippen molar-refractivity contribution in [3.05, 3.63) is 36.3 Å². The Kier molecular flexibility index (Phi) is 2.17. The van der Waals surface area contributed by atoms with Gasteiger partial charge in [0.05, 0.1) is 18.2 Å². The van der Waals surface area contributed by atoms with Crippen LogP contribution in [0.25, 0.3) is 11.3 Å². The molecule has 0 aliphatic carbocycles. The van der Waals surface area contributed by atoms with Crippen molar-refractivity contribution in [2.75, 3.05) is 18.0 Å². The van der Waals surface area contributed by atoms with Gasteiger partial charge in [-0.2, -0.15) is 0 Å². The molecule has 0 unspecified atom stereocenters. The van der Waals surface area contributed by atoms with Crippen LogP contribution in [0.3, 0.4) is 0 Å². The molecule has 1 aromatic heterocycles. The van der Waals surface area contributed by atoms with Crippen molar-refractivity contribution < 1.29 is 0 Å². The lowest BCUT2D eigenvalue weighted by atomic mass is 10.1. The summed E-state index contributed by atoms with van der Waals surface area (Å²) in [6.45, 7) is 4.45. The molecule has 1 aliphatic rings. The van der Waals surface area contributed by atoms with Crippen LogP contribution in [0.5, 0.6) is 0 Å². The number of nitrogens with zero attached hydrogens (tertiary/aromatic N) is 2. The number of hydrogen-bond acceptors (Lipinski definition) is 2. The summed E-state index contributed by atoms with van der Waals surface area (Å²) in [5.41, 5.74) is 5.17. The predicted octanol–water partition coefficient (Wildman–Crippen LogP) is 2.46. The first-order chi connectivity index (χ1) is 7.88. The van der Waals surface area contributed by atoms with E-state index in [4.69, 9.17) is 0 Å². The van der Waals surface area contributed by atoms with Crippen LogP contribution in [0.4, 0.5) is 5.69 Å². The maximum Gasteiger partial charge on any atom is 0.0924 e. The van der Waals surface area contributed by atoms with Crippen molar-refractivity contribution in [1.29, 1.82) is 0 Å². The van der Waals surface area contributed by atoms with Gasteiger partial charge < -0.3 is 9.88 Å². The maximum absolute atomic E-state index is 4.06. The topological polar surface area (TPSA) is 31.9 Å². The van der Waals surface area contributed by atoms with Crippen LogP contribution in [-0.2, 0) is 6.42 Å². The average Bonchev–Trinajstić information content (AvgIpc) is 2.97. The summed E-state index contributed by atoms with van der Waals surface area (Å²) >= 11 is 0. The van der Waals surface area contributed by atoms with Crippen LogP contribution >= 0.6 is 0 Å². The van der Waals surface area contributed by atoms with E-state index in [-0.39, 0.29) is 0 Å². The maximum atomic E-state index is 4.06. The quantitative estimate of drug-likeness (QED) is 0.831. The Morgan fingerprint density at radius 3 is 3.12 bits per heavy atom. The average molecular weight is 213 g/mol. The third-order valence-corrected chi connectivity index (χ3v) is 3.26. The summed E-state index contributed by atoms with van der Waals surface area (Å²) in [4.78, 5) is 9.63. The molecule has 0 fully saturated rings. The largest absolute Gasteiger partial charge is 0.371 e. The molecule has 82 valence electrons. The number of H-pyrrole nitrogens is 1. The molecule has 0 saturated carbocycles. The number of rotatable bonds is 2. The minimum Gasteiger partial charge on any atom is -0.371 e. The minimum absolute atomic E-state index is 1.09. The van der Waals surface area contributed by atoms with E-state index >= 15 is 0 Å². The second-order valence-electron chi connectivity index (χ2n) is 4.14. The summed E-state index contributed by atoms with van der Waals surface area (Å²) in [5, 5.41) is 0. The van der Waals surface area contributed by atoms with Crippen LogP contribution in [-0.4, -0.2) is 23.1 Å². The molecule has 2 heterocycles. The van der Waals surface area contributed by atoms with Gasteiger partial charge in [0.2, 0.25) is 0 Å². The first-order valence-electron chi connectivity index (χ1n) is 5.75. The third-order valence-electron chi connectivity index (χ3n) is 3.26. The van der Waals surface area contributed by atoms with Gasteiger partial charge >= 0.3 is 0 Å².